The average Bonchev–Trinajstić information content (AvgIpc) is 2.80. The van der Waals surface area contributed by atoms with Gasteiger partial charge in [-0.3, -0.25) is 0 Å². The predicted octanol–water partition coefficient (Wildman–Crippen LogP) is 3.01. The van der Waals surface area contributed by atoms with Crippen LogP contribution in [0.15, 0.2) is 28.7 Å². The van der Waals surface area contributed by atoms with Crippen LogP contribution in [0.3, 0.4) is 0 Å². The maximum absolute atomic E-state index is 5.64. The molecule has 0 aliphatic rings. The predicted molar refractivity (Wildman–Crippen MR) is 74.5 cm³/mol. The molecular formula is C12H14IN3O. The van der Waals surface area contributed by atoms with Gasteiger partial charge in [-0.25, -0.2) is 0 Å². The number of nitrogens with one attached hydrogen (secondary N) is 1. The van der Waals surface area contributed by atoms with Gasteiger partial charge < -0.3 is 9.73 Å². The molecule has 1 N–H and O–H groups in total. The molecule has 0 saturated heterocycles. The Bertz CT molecular complexity index is 481. The zero-order valence-corrected chi connectivity index (χ0v) is 11.9. The Morgan fingerprint density at radius 1 is 1.29 bits per heavy atom. The zero-order valence-electron chi connectivity index (χ0n) is 9.77. The first kappa shape index (κ1) is 12.5. The van der Waals surface area contributed by atoms with E-state index in [9.17, 15) is 0 Å². The van der Waals surface area contributed by atoms with Crippen LogP contribution in [0.25, 0.3) is 11.5 Å². The minimum Gasteiger partial charge on any atom is -0.419 e. The van der Waals surface area contributed by atoms with Crippen molar-refractivity contribution >= 4 is 22.6 Å². The van der Waals surface area contributed by atoms with Crippen LogP contribution in [0.5, 0.6) is 0 Å². The molecule has 1 heterocycles. The van der Waals surface area contributed by atoms with Gasteiger partial charge in [0.25, 0.3) is 0 Å². The number of hydrogen-bond acceptors (Lipinski definition) is 4. The maximum Gasteiger partial charge on any atom is 0.247 e. The summed E-state index contributed by atoms with van der Waals surface area (Å²) in [6, 6.07) is 8.10. The van der Waals surface area contributed by atoms with Gasteiger partial charge in [-0.15, -0.1) is 10.2 Å². The second kappa shape index (κ2) is 5.59. The molecule has 1 unspecified atom stereocenters. The topological polar surface area (TPSA) is 51.0 Å². The van der Waals surface area contributed by atoms with E-state index in [1.165, 1.54) is 3.57 Å². The third-order valence-corrected chi connectivity index (χ3v) is 3.13. The lowest BCUT2D eigenvalue weighted by Crippen LogP contribution is -2.17. The first-order valence-electron chi connectivity index (χ1n) is 5.53. The fourth-order valence-corrected chi connectivity index (χ4v) is 1.87. The van der Waals surface area contributed by atoms with Crippen molar-refractivity contribution in [2.45, 2.75) is 19.9 Å². The van der Waals surface area contributed by atoms with E-state index in [1.807, 2.05) is 38.1 Å². The Kier molecular flexibility index (Phi) is 4.11. The van der Waals surface area contributed by atoms with Gasteiger partial charge in [-0.1, -0.05) is 6.92 Å². The van der Waals surface area contributed by atoms with Crippen LogP contribution in [-0.4, -0.2) is 16.7 Å². The first-order valence-corrected chi connectivity index (χ1v) is 6.61. The van der Waals surface area contributed by atoms with E-state index >= 15 is 0 Å². The SMILES string of the molecule is CCNC(C)c1nnc(-c2ccc(I)cc2)o1. The average molecular weight is 343 g/mol. The van der Waals surface area contributed by atoms with E-state index in [0.29, 0.717) is 11.8 Å². The zero-order chi connectivity index (χ0) is 12.3. The Labute approximate surface area is 114 Å². The minimum atomic E-state index is 0.0881. The monoisotopic (exact) mass is 343 g/mol. The molecule has 0 bridgehead atoms. The summed E-state index contributed by atoms with van der Waals surface area (Å²) in [4.78, 5) is 0. The molecule has 2 aromatic rings. The van der Waals surface area contributed by atoms with Crippen molar-refractivity contribution in [1.82, 2.24) is 15.5 Å². The van der Waals surface area contributed by atoms with E-state index in [4.69, 9.17) is 4.42 Å². The van der Waals surface area contributed by atoms with Crippen molar-refractivity contribution in [3.05, 3.63) is 33.7 Å². The van der Waals surface area contributed by atoms with E-state index in [0.717, 1.165) is 12.1 Å². The molecule has 2 rings (SSSR count). The molecule has 0 aliphatic heterocycles. The molecule has 17 heavy (non-hydrogen) atoms. The molecule has 0 fully saturated rings. The Hall–Kier alpha value is -0.950. The highest BCUT2D eigenvalue weighted by Crippen LogP contribution is 2.21. The van der Waals surface area contributed by atoms with Crippen LogP contribution >= 0.6 is 22.6 Å². The quantitative estimate of drug-likeness (QED) is 0.867. The molecule has 0 amide bonds. The molecule has 0 radical (unpaired) electrons. The fourth-order valence-electron chi connectivity index (χ4n) is 1.51. The van der Waals surface area contributed by atoms with E-state index in [1.54, 1.807) is 0 Å². The van der Waals surface area contributed by atoms with E-state index < -0.39 is 0 Å². The lowest BCUT2D eigenvalue weighted by molar-refractivity contribution is 0.429. The molecule has 1 aromatic carbocycles. The number of hydrogen-bond donors (Lipinski definition) is 1. The van der Waals surface area contributed by atoms with Gasteiger partial charge in [-0.05, 0) is 60.3 Å². The van der Waals surface area contributed by atoms with Crippen LogP contribution in [0.2, 0.25) is 0 Å². The normalized spacial score (nSPS) is 12.6. The van der Waals surface area contributed by atoms with Gasteiger partial charge in [0.1, 0.15) is 0 Å². The number of rotatable bonds is 4. The van der Waals surface area contributed by atoms with Crippen molar-refractivity contribution in [2.24, 2.45) is 0 Å². The van der Waals surface area contributed by atoms with Crippen LogP contribution in [0, 0.1) is 3.57 Å². The molecule has 0 aliphatic carbocycles. The standard InChI is InChI=1S/C12H14IN3O/c1-3-14-8(2)11-15-16-12(17-11)9-4-6-10(13)7-5-9/h4-8,14H,3H2,1-2H3. The summed E-state index contributed by atoms with van der Waals surface area (Å²) in [5.74, 6) is 1.20. The minimum absolute atomic E-state index is 0.0881. The van der Waals surface area contributed by atoms with Crippen LogP contribution < -0.4 is 5.32 Å². The smallest absolute Gasteiger partial charge is 0.247 e. The van der Waals surface area contributed by atoms with Crippen molar-refractivity contribution in [3.63, 3.8) is 0 Å². The van der Waals surface area contributed by atoms with E-state index in [2.05, 4.69) is 38.1 Å². The molecule has 0 spiro atoms. The Balaban J connectivity index is 2.20. The molecule has 1 aromatic heterocycles. The fraction of sp³-hybridized carbons (Fsp3) is 0.333. The van der Waals surface area contributed by atoms with Gasteiger partial charge in [0.05, 0.1) is 6.04 Å². The van der Waals surface area contributed by atoms with E-state index in [-0.39, 0.29) is 6.04 Å². The van der Waals surface area contributed by atoms with Crippen LogP contribution in [-0.2, 0) is 0 Å². The first-order chi connectivity index (χ1) is 8.20. The van der Waals surface area contributed by atoms with Crippen molar-refractivity contribution in [3.8, 4) is 11.5 Å². The summed E-state index contributed by atoms with van der Waals surface area (Å²) in [7, 11) is 0. The highest BCUT2D eigenvalue weighted by Gasteiger charge is 2.13. The number of halogens is 1. The number of aromatic nitrogens is 2. The summed E-state index contributed by atoms with van der Waals surface area (Å²) < 4.78 is 6.82. The highest BCUT2D eigenvalue weighted by atomic mass is 127. The summed E-state index contributed by atoms with van der Waals surface area (Å²) in [6.45, 7) is 4.93. The summed E-state index contributed by atoms with van der Waals surface area (Å²) in [6.07, 6.45) is 0. The highest BCUT2D eigenvalue weighted by molar-refractivity contribution is 14.1. The lowest BCUT2D eigenvalue weighted by atomic mass is 10.2. The van der Waals surface area contributed by atoms with Gasteiger partial charge in [0.2, 0.25) is 11.8 Å². The van der Waals surface area contributed by atoms with Gasteiger partial charge in [0, 0.05) is 9.13 Å². The maximum atomic E-state index is 5.64. The molecule has 90 valence electrons. The third-order valence-electron chi connectivity index (χ3n) is 2.41. The Morgan fingerprint density at radius 2 is 2.00 bits per heavy atom. The summed E-state index contributed by atoms with van der Waals surface area (Å²) in [5, 5.41) is 11.4. The second-order valence-electron chi connectivity index (χ2n) is 3.73. The second-order valence-corrected chi connectivity index (χ2v) is 4.98. The summed E-state index contributed by atoms with van der Waals surface area (Å²) >= 11 is 2.27. The van der Waals surface area contributed by atoms with Crippen molar-refractivity contribution in [2.75, 3.05) is 6.54 Å². The molecular weight excluding hydrogens is 329 g/mol. The van der Waals surface area contributed by atoms with Crippen LogP contribution in [0.1, 0.15) is 25.8 Å². The lowest BCUT2D eigenvalue weighted by Gasteiger charge is -2.05. The molecule has 5 heteroatoms. The Morgan fingerprint density at radius 3 is 2.65 bits per heavy atom. The number of benzene rings is 1. The largest absolute Gasteiger partial charge is 0.419 e. The van der Waals surface area contributed by atoms with Crippen molar-refractivity contribution in [1.29, 1.82) is 0 Å². The van der Waals surface area contributed by atoms with Gasteiger partial charge in [-0.2, -0.15) is 0 Å². The van der Waals surface area contributed by atoms with Crippen molar-refractivity contribution < 1.29 is 4.42 Å². The molecule has 4 nitrogen and oxygen atoms in total. The van der Waals surface area contributed by atoms with Crippen LogP contribution in [0.4, 0.5) is 0 Å². The van der Waals surface area contributed by atoms with Gasteiger partial charge in [0.15, 0.2) is 0 Å². The molecule has 0 saturated carbocycles. The molecule has 1 atom stereocenters. The third kappa shape index (κ3) is 3.04. The number of nitrogens with zero attached hydrogens (tertiary/aromatic N) is 2. The summed E-state index contributed by atoms with van der Waals surface area (Å²) in [5.41, 5.74) is 0.952. The van der Waals surface area contributed by atoms with Gasteiger partial charge >= 0.3 is 0 Å².